The number of hydrogen-bond acceptors (Lipinski definition) is 2. The summed E-state index contributed by atoms with van der Waals surface area (Å²) in [6, 6.07) is 0.551. The van der Waals surface area contributed by atoms with Crippen molar-refractivity contribution >= 4 is 0 Å². The summed E-state index contributed by atoms with van der Waals surface area (Å²) in [7, 11) is 0. The lowest BCUT2D eigenvalue weighted by atomic mass is 10.2. The topological polar surface area (TPSA) is 21.3 Å². The van der Waals surface area contributed by atoms with Crippen molar-refractivity contribution in [2.45, 2.75) is 46.8 Å². The van der Waals surface area contributed by atoms with Crippen LogP contribution in [0.5, 0.6) is 0 Å². The summed E-state index contributed by atoms with van der Waals surface area (Å²) >= 11 is 0. The fraction of sp³-hybridized carbons (Fsp3) is 1.00. The van der Waals surface area contributed by atoms with Gasteiger partial charge in [0.25, 0.3) is 0 Å². The van der Waals surface area contributed by atoms with Crippen molar-refractivity contribution in [2.24, 2.45) is 5.92 Å². The maximum atomic E-state index is 5.59. The van der Waals surface area contributed by atoms with Gasteiger partial charge in [0, 0.05) is 19.2 Å². The molecule has 0 radical (unpaired) electrons. The Balaban J connectivity index is 3.27. The molecule has 1 atom stereocenters. The van der Waals surface area contributed by atoms with Crippen LogP contribution in [0.4, 0.5) is 0 Å². The van der Waals surface area contributed by atoms with E-state index < -0.39 is 0 Å². The average molecular weight is 173 g/mol. The summed E-state index contributed by atoms with van der Waals surface area (Å²) in [5, 5.41) is 3.34. The quantitative estimate of drug-likeness (QED) is 0.663. The van der Waals surface area contributed by atoms with Crippen molar-refractivity contribution in [1.29, 1.82) is 0 Å². The highest BCUT2D eigenvalue weighted by molar-refractivity contribution is 4.58. The Bertz CT molecular complexity index is 90.0. The molecule has 0 aromatic rings. The molecular formula is C10H23NO. The molecule has 0 saturated heterocycles. The maximum absolute atomic E-state index is 5.59. The molecule has 1 N–H and O–H groups in total. The summed E-state index contributed by atoms with van der Waals surface area (Å²) in [6.45, 7) is 12.6. The van der Waals surface area contributed by atoms with E-state index >= 15 is 0 Å². The molecule has 0 bridgehead atoms. The minimum Gasteiger partial charge on any atom is -0.377 e. The van der Waals surface area contributed by atoms with Crippen LogP contribution in [0.2, 0.25) is 0 Å². The first kappa shape index (κ1) is 11.9. The smallest absolute Gasteiger partial charge is 0.0671 e. The zero-order valence-electron chi connectivity index (χ0n) is 9.05. The lowest BCUT2D eigenvalue weighted by Gasteiger charge is -2.16. The van der Waals surface area contributed by atoms with Crippen LogP contribution in [-0.2, 0) is 4.74 Å². The fourth-order valence-electron chi connectivity index (χ4n) is 0.817. The standard InChI is InChI=1S/C10H23NO/c1-8(2)7-12-10(5)6-11-9(3)4/h8-11H,6-7H2,1-5H3. The molecule has 0 aliphatic carbocycles. The lowest BCUT2D eigenvalue weighted by molar-refractivity contribution is 0.0467. The second-order valence-corrected chi connectivity index (χ2v) is 4.10. The van der Waals surface area contributed by atoms with Crippen LogP contribution in [0.15, 0.2) is 0 Å². The predicted molar refractivity (Wildman–Crippen MR) is 53.4 cm³/mol. The number of nitrogens with one attached hydrogen (secondary N) is 1. The first-order valence-electron chi connectivity index (χ1n) is 4.87. The SMILES string of the molecule is CC(C)COC(C)CNC(C)C. The highest BCUT2D eigenvalue weighted by atomic mass is 16.5. The van der Waals surface area contributed by atoms with Gasteiger partial charge < -0.3 is 10.1 Å². The van der Waals surface area contributed by atoms with Crippen LogP contribution in [0.1, 0.15) is 34.6 Å². The van der Waals surface area contributed by atoms with Crippen LogP contribution in [-0.4, -0.2) is 25.3 Å². The third-order valence-corrected chi connectivity index (χ3v) is 1.53. The largest absolute Gasteiger partial charge is 0.377 e. The molecule has 0 aromatic carbocycles. The molecule has 0 aromatic heterocycles. The first-order chi connectivity index (χ1) is 5.52. The van der Waals surface area contributed by atoms with E-state index in [4.69, 9.17) is 4.74 Å². The van der Waals surface area contributed by atoms with Crippen LogP contribution in [0.25, 0.3) is 0 Å². The molecular weight excluding hydrogens is 150 g/mol. The van der Waals surface area contributed by atoms with E-state index in [1.807, 2.05) is 0 Å². The third-order valence-electron chi connectivity index (χ3n) is 1.53. The molecule has 0 saturated carbocycles. The molecule has 0 heterocycles. The van der Waals surface area contributed by atoms with Crippen LogP contribution in [0.3, 0.4) is 0 Å². The monoisotopic (exact) mass is 173 g/mol. The average Bonchev–Trinajstić information content (AvgIpc) is 1.96. The van der Waals surface area contributed by atoms with E-state index in [0.29, 0.717) is 18.1 Å². The summed E-state index contributed by atoms with van der Waals surface area (Å²) < 4.78 is 5.59. The maximum Gasteiger partial charge on any atom is 0.0671 e. The number of hydrogen-bond donors (Lipinski definition) is 1. The van der Waals surface area contributed by atoms with Gasteiger partial charge in [0.05, 0.1) is 6.10 Å². The van der Waals surface area contributed by atoms with Crippen LogP contribution < -0.4 is 5.32 Å². The Hall–Kier alpha value is -0.0800. The van der Waals surface area contributed by atoms with Crippen molar-refractivity contribution in [3.8, 4) is 0 Å². The Morgan fingerprint density at radius 3 is 2.08 bits per heavy atom. The van der Waals surface area contributed by atoms with Gasteiger partial charge in [-0.15, -0.1) is 0 Å². The van der Waals surface area contributed by atoms with Crippen molar-refractivity contribution in [2.75, 3.05) is 13.2 Å². The third kappa shape index (κ3) is 8.02. The fourth-order valence-corrected chi connectivity index (χ4v) is 0.817. The van der Waals surface area contributed by atoms with Crippen molar-refractivity contribution in [1.82, 2.24) is 5.32 Å². The molecule has 0 aliphatic rings. The van der Waals surface area contributed by atoms with Gasteiger partial charge in [0.2, 0.25) is 0 Å². The van der Waals surface area contributed by atoms with E-state index in [2.05, 4.69) is 39.9 Å². The van der Waals surface area contributed by atoms with E-state index in [1.54, 1.807) is 0 Å². The Morgan fingerprint density at radius 2 is 1.67 bits per heavy atom. The summed E-state index contributed by atoms with van der Waals surface area (Å²) in [5.41, 5.74) is 0. The van der Waals surface area contributed by atoms with Gasteiger partial charge in [-0.2, -0.15) is 0 Å². The summed E-state index contributed by atoms with van der Waals surface area (Å²) in [4.78, 5) is 0. The van der Waals surface area contributed by atoms with E-state index in [9.17, 15) is 0 Å². The predicted octanol–water partition coefficient (Wildman–Crippen LogP) is 2.05. The molecule has 1 unspecified atom stereocenters. The van der Waals surface area contributed by atoms with Gasteiger partial charge in [0.15, 0.2) is 0 Å². The summed E-state index contributed by atoms with van der Waals surface area (Å²) in [6.07, 6.45) is 0.329. The van der Waals surface area contributed by atoms with Crippen LogP contribution in [0, 0.1) is 5.92 Å². The molecule has 74 valence electrons. The van der Waals surface area contributed by atoms with Crippen molar-refractivity contribution in [3.63, 3.8) is 0 Å². The van der Waals surface area contributed by atoms with Crippen molar-refractivity contribution < 1.29 is 4.74 Å². The van der Waals surface area contributed by atoms with Crippen molar-refractivity contribution in [3.05, 3.63) is 0 Å². The van der Waals surface area contributed by atoms with Gasteiger partial charge in [-0.25, -0.2) is 0 Å². The second-order valence-electron chi connectivity index (χ2n) is 4.10. The van der Waals surface area contributed by atoms with Gasteiger partial charge >= 0.3 is 0 Å². The second kappa shape index (κ2) is 6.44. The van der Waals surface area contributed by atoms with E-state index in [-0.39, 0.29) is 0 Å². The normalized spacial score (nSPS) is 14.2. The Morgan fingerprint density at radius 1 is 1.08 bits per heavy atom. The molecule has 0 rings (SSSR count). The molecule has 0 aliphatic heterocycles. The number of rotatable bonds is 6. The van der Waals surface area contributed by atoms with E-state index in [0.717, 1.165) is 13.2 Å². The molecule has 0 spiro atoms. The van der Waals surface area contributed by atoms with Gasteiger partial charge in [-0.1, -0.05) is 27.7 Å². The van der Waals surface area contributed by atoms with Crippen LogP contribution >= 0.6 is 0 Å². The lowest BCUT2D eigenvalue weighted by Crippen LogP contribution is -2.32. The minimum atomic E-state index is 0.329. The van der Waals surface area contributed by atoms with Gasteiger partial charge in [-0.05, 0) is 12.8 Å². The van der Waals surface area contributed by atoms with Gasteiger partial charge in [-0.3, -0.25) is 0 Å². The van der Waals surface area contributed by atoms with Gasteiger partial charge in [0.1, 0.15) is 0 Å². The Labute approximate surface area is 76.7 Å². The molecule has 0 amide bonds. The number of ether oxygens (including phenoxy) is 1. The zero-order valence-corrected chi connectivity index (χ0v) is 9.05. The molecule has 2 heteroatoms. The minimum absolute atomic E-state index is 0.329. The molecule has 12 heavy (non-hydrogen) atoms. The zero-order chi connectivity index (χ0) is 9.56. The highest BCUT2D eigenvalue weighted by Gasteiger charge is 2.03. The summed E-state index contributed by atoms with van der Waals surface area (Å²) in [5.74, 6) is 0.631. The highest BCUT2D eigenvalue weighted by Crippen LogP contribution is 1.96. The molecule has 2 nitrogen and oxygen atoms in total. The van der Waals surface area contributed by atoms with E-state index in [1.165, 1.54) is 0 Å². The first-order valence-corrected chi connectivity index (χ1v) is 4.87. The Kier molecular flexibility index (Phi) is 6.39. The molecule has 0 fully saturated rings.